The van der Waals surface area contributed by atoms with Gasteiger partial charge in [-0.1, -0.05) is 61.9 Å². The summed E-state index contributed by atoms with van der Waals surface area (Å²) in [7, 11) is 0. The number of benzene rings is 2. The number of imide groups is 1. The molecule has 0 spiro atoms. The fourth-order valence-corrected chi connectivity index (χ4v) is 7.81. The molecule has 1 aliphatic heterocycles. The Morgan fingerprint density at radius 1 is 1.02 bits per heavy atom. The number of carbonyl (C=O) groups is 2. The highest BCUT2D eigenvalue weighted by Crippen LogP contribution is 2.48. The molecular weight excluding hydrogens is 584 g/mol. The zero-order valence-electron chi connectivity index (χ0n) is 25.5. The smallest absolute Gasteiger partial charge is 0.234 e. The number of aliphatic hydroxyl groups is 2. The molecule has 2 aromatic heterocycles. The highest BCUT2D eigenvalue weighted by Gasteiger charge is 2.55. The molecule has 2 aromatic carbocycles. The summed E-state index contributed by atoms with van der Waals surface area (Å²) in [5.41, 5.74) is 4.28. The number of thiophene rings is 1. The number of phenols is 1. The number of aromatic nitrogens is 1. The number of nitrogens with zero attached hydrogens (tertiary/aromatic N) is 2. The van der Waals surface area contributed by atoms with Crippen molar-refractivity contribution in [3.63, 3.8) is 0 Å². The lowest BCUT2D eigenvalue weighted by atomic mass is 9.66. The van der Waals surface area contributed by atoms with E-state index in [9.17, 15) is 24.9 Å². The first-order chi connectivity index (χ1) is 21.8. The van der Waals surface area contributed by atoms with E-state index in [1.54, 1.807) is 12.3 Å². The van der Waals surface area contributed by atoms with Crippen LogP contribution in [0.1, 0.15) is 49.2 Å². The van der Waals surface area contributed by atoms with Crippen molar-refractivity contribution in [2.24, 2.45) is 23.7 Å². The molecule has 2 amide bonds. The third kappa shape index (κ3) is 5.98. The number of hydrogen-bond acceptors (Lipinski definition) is 7. The van der Waals surface area contributed by atoms with Crippen molar-refractivity contribution in [2.45, 2.75) is 45.8 Å². The van der Waals surface area contributed by atoms with Gasteiger partial charge >= 0.3 is 0 Å². The van der Waals surface area contributed by atoms with E-state index in [2.05, 4.69) is 11.1 Å². The number of aliphatic hydroxyl groups excluding tert-OH is 2. The van der Waals surface area contributed by atoms with E-state index >= 15 is 0 Å². The second-order valence-corrected chi connectivity index (χ2v) is 13.3. The minimum atomic E-state index is -0.918. The highest BCUT2D eigenvalue weighted by atomic mass is 32.1. The number of allylic oxidation sites excluding steroid dienone is 2. The summed E-state index contributed by atoms with van der Waals surface area (Å²) in [4.78, 5) is 34.2. The van der Waals surface area contributed by atoms with E-state index < -0.39 is 23.9 Å². The van der Waals surface area contributed by atoms with Gasteiger partial charge in [0.15, 0.2) is 0 Å². The Labute approximate surface area is 267 Å². The summed E-state index contributed by atoms with van der Waals surface area (Å²) in [5.74, 6) is -2.07. The van der Waals surface area contributed by atoms with Crippen LogP contribution < -0.4 is 0 Å². The number of phenolic OH excluding ortho intramolecular Hbond substituents is 1. The van der Waals surface area contributed by atoms with Gasteiger partial charge in [0.05, 0.1) is 36.8 Å². The lowest BCUT2D eigenvalue weighted by Gasteiger charge is -2.38. The summed E-state index contributed by atoms with van der Waals surface area (Å²) < 4.78 is 0. The van der Waals surface area contributed by atoms with Gasteiger partial charge in [0, 0.05) is 22.4 Å². The Morgan fingerprint density at radius 3 is 2.49 bits per heavy atom. The molecule has 1 fully saturated rings. The number of likely N-dealkylation sites (tertiary alicyclic amines) is 1. The van der Waals surface area contributed by atoms with Crippen molar-refractivity contribution in [2.75, 3.05) is 6.61 Å². The van der Waals surface area contributed by atoms with E-state index in [1.165, 1.54) is 16.2 Å². The SMILES string of the molecule is CC(C)C1=C([C@H](O)CC/C(=C/c2ccc(O)c3ccccc23)c2ccccn2)[C@H](CO)[C@@H]2C(=O)N(Cc3cccs3)C(=O)[C@@H]2C1. The molecule has 0 unspecified atom stereocenters. The number of aromatic hydroxyl groups is 1. The van der Waals surface area contributed by atoms with E-state index in [0.29, 0.717) is 24.8 Å². The maximum Gasteiger partial charge on any atom is 0.234 e. The largest absolute Gasteiger partial charge is 0.507 e. The van der Waals surface area contributed by atoms with Crippen LogP contribution in [0.2, 0.25) is 0 Å². The second-order valence-electron chi connectivity index (χ2n) is 12.3. The third-order valence-electron chi connectivity index (χ3n) is 9.30. The predicted molar refractivity (Wildman–Crippen MR) is 177 cm³/mol. The van der Waals surface area contributed by atoms with Crippen LogP contribution in [0.4, 0.5) is 0 Å². The normalized spacial score (nSPS) is 21.2. The minimum Gasteiger partial charge on any atom is -0.507 e. The van der Waals surface area contributed by atoms with Crippen LogP contribution in [0.25, 0.3) is 22.4 Å². The first kappa shape index (κ1) is 30.9. The van der Waals surface area contributed by atoms with Gasteiger partial charge < -0.3 is 15.3 Å². The molecule has 3 heterocycles. The summed E-state index contributed by atoms with van der Waals surface area (Å²) in [6.45, 7) is 3.99. The molecular formula is C37H38N2O5S. The average Bonchev–Trinajstić information content (AvgIpc) is 3.66. The number of fused-ring (bicyclic) bond motifs is 2. The number of rotatable bonds is 10. The third-order valence-corrected chi connectivity index (χ3v) is 10.2. The Bertz CT molecular complexity index is 1760. The van der Waals surface area contributed by atoms with Crippen molar-refractivity contribution in [1.82, 2.24) is 9.88 Å². The Hall–Kier alpha value is -4.11. The molecule has 0 saturated carbocycles. The minimum absolute atomic E-state index is 0.0352. The standard InChI is InChI=1S/C37H38N2O5S/c1-22(2)28-19-29-35(37(44)39(36(29)43)20-25-8-7-17-45-25)30(21-40)34(28)33(42)15-13-24(31-11-5-6-16-38-31)18-23-12-14-32(41)27-10-4-3-9-26(23)27/h3-12,14,16-18,22,29-30,33,35,40-42H,13,15,19-21H2,1-2H3/b24-18-/t29-,30+,33-,35-/m1/s1. The van der Waals surface area contributed by atoms with E-state index in [0.717, 1.165) is 38.1 Å². The number of carbonyl (C=O) groups excluding carboxylic acids is 2. The Kier molecular flexibility index (Phi) is 8.99. The summed E-state index contributed by atoms with van der Waals surface area (Å²) in [5, 5.41) is 36.6. The van der Waals surface area contributed by atoms with Crippen molar-refractivity contribution in [3.8, 4) is 5.75 Å². The molecule has 8 heteroatoms. The van der Waals surface area contributed by atoms with Gasteiger partial charge in [-0.15, -0.1) is 11.3 Å². The van der Waals surface area contributed by atoms with Gasteiger partial charge in [0.25, 0.3) is 0 Å². The lowest BCUT2D eigenvalue weighted by molar-refractivity contribution is -0.140. The topological polar surface area (TPSA) is 111 Å². The van der Waals surface area contributed by atoms with Crippen LogP contribution in [-0.2, 0) is 16.1 Å². The molecule has 45 heavy (non-hydrogen) atoms. The summed E-state index contributed by atoms with van der Waals surface area (Å²) >= 11 is 1.50. The van der Waals surface area contributed by atoms with Crippen LogP contribution in [0.15, 0.2) is 89.5 Å². The summed E-state index contributed by atoms with van der Waals surface area (Å²) in [6, 6.07) is 20.8. The van der Waals surface area contributed by atoms with Gasteiger partial charge in [0.2, 0.25) is 11.8 Å². The van der Waals surface area contributed by atoms with E-state index in [1.807, 2.05) is 79.9 Å². The molecule has 1 aliphatic carbocycles. The first-order valence-corrected chi connectivity index (χ1v) is 16.4. The summed E-state index contributed by atoms with van der Waals surface area (Å²) in [6.07, 6.45) is 4.10. The maximum atomic E-state index is 13.7. The van der Waals surface area contributed by atoms with Crippen LogP contribution in [0, 0.1) is 23.7 Å². The molecule has 7 nitrogen and oxygen atoms in total. The number of pyridine rings is 1. The fourth-order valence-electron chi connectivity index (χ4n) is 7.12. The molecule has 6 rings (SSSR count). The maximum absolute atomic E-state index is 13.7. The highest BCUT2D eigenvalue weighted by molar-refractivity contribution is 7.09. The van der Waals surface area contributed by atoms with Crippen LogP contribution in [0.5, 0.6) is 5.75 Å². The van der Waals surface area contributed by atoms with Crippen molar-refractivity contribution < 1.29 is 24.9 Å². The molecule has 0 bridgehead atoms. The predicted octanol–water partition coefficient (Wildman–Crippen LogP) is 6.45. The van der Waals surface area contributed by atoms with Crippen molar-refractivity contribution in [3.05, 3.63) is 106 Å². The molecule has 4 atom stereocenters. The van der Waals surface area contributed by atoms with Crippen molar-refractivity contribution >= 4 is 45.6 Å². The second kappa shape index (κ2) is 13.1. The van der Waals surface area contributed by atoms with Gasteiger partial charge in [-0.25, -0.2) is 0 Å². The van der Waals surface area contributed by atoms with Crippen LogP contribution >= 0.6 is 11.3 Å². The van der Waals surface area contributed by atoms with Gasteiger partial charge in [-0.05, 0) is 83.0 Å². The number of amides is 2. The monoisotopic (exact) mass is 622 g/mol. The molecule has 2 aliphatic rings. The average molecular weight is 623 g/mol. The zero-order valence-corrected chi connectivity index (χ0v) is 26.3. The molecule has 1 saturated heterocycles. The zero-order chi connectivity index (χ0) is 31.7. The molecule has 3 N–H and O–H groups in total. The van der Waals surface area contributed by atoms with Gasteiger partial charge in [-0.2, -0.15) is 0 Å². The van der Waals surface area contributed by atoms with Crippen LogP contribution in [0.3, 0.4) is 0 Å². The van der Waals surface area contributed by atoms with E-state index in [-0.39, 0.29) is 36.6 Å². The molecule has 4 aromatic rings. The Balaban J connectivity index is 1.31. The van der Waals surface area contributed by atoms with Gasteiger partial charge in [0.1, 0.15) is 5.75 Å². The van der Waals surface area contributed by atoms with Gasteiger partial charge in [-0.3, -0.25) is 19.5 Å². The molecule has 0 radical (unpaired) electrons. The fraction of sp³-hybridized carbons (Fsp3) is 0.324. The van der Waals surface area contributed by atoms with E-state index in [4.69, 9.17) is 0 Å². The Morgan fingerprint density at radius 2 is 1.80 bits per heavy atom. The molecule has 232 valence electrons. The lowest BCUT2D eigenvalue weighted by Crippen LogP contribution is -2.39. The quantitative estimate of drug-likeness (QED) is 0.139. The van der Waals surface area contributed by atoms with Crippen molar-refractivity contribution in [1.29, 1.82) is 0 Å². The number of hydrogen-bond donors (Lipinski definition) is 3. The first-order valence-electron chi connectivity index (χ1n) is 15.5. The van der Waals surface area contributed by atoms with Crippen LogP contribution in [-0.4, -0.2) is 49.7 Å².